The molecule has 1 unspecified atom stereocenters. The number of allylic oxidation sites excluding steroid dienone is 1. The molecule has 0 heterocycles. The fraction of sp³-hybridized carbons (Fsp3) is 0.429. The number of hydrogen-bond acceptors (Lipinski definition) is 1. The Morgan fingerprint density at radius 2 is 2.07 bits per heavy atom. The van der Waals surface area contributed by atoms with E-state index in [-0.39, 0.29) is 0 Å². The first-order chi connectivity index (χ1) is 7.34. The third-order valence-electron chi connectivity index (χ3n) is 3.08. The second-order valence-corrected chi connectivity index (χ2v) is 4.39. The van der Waals surface area contributed by atoms with Gasteiger partial charge < -0.3 is 5.32 Å². The molecule has 0 spiro atoms. The lowest BCUT2D eigenvalue weighted by atomic mass is 9.96. The summed E-state index contributed by atoms with van der Waals surface area (Å²) in [4.78, 5) is 0. The van der Waals surface area contributed by atoms with E-state index in [1.807, 2.05) is 0 Å². The van der Waals surface area contributed by atoms with Crippen molar-refractivity contribution in [3.63, 3.8) is 0 Å². The predicted octanol–water partition coefficient (Wildman–Crippen LogP) is 3.28. The van der Waals surface area contributed by atoms with Gasteiger partial charge in [-0.05, 0) is 31.7 Å². The number of hydrogen-bond donors (Lipinski definition) is 1. The molecule has 0 radical (unpaired) electrons. The van der Waals surface area contributed by atoms with E-state index in [1.54, 1.807) is 5.57 Å². The van der Waals surface area contributed by atoms with E-state index in [2.05, 4.69) is 48.6 Å². The van der Waals surface area contributed by atoms with Gasteiger partial charge in [0.05, 0.1) is 0 Å². The minimum atomic E-state index is 0.675. The van der Waals surface area contributed by atoms with E-state index in [4.69, 9.17) is 0 Å². The van der Waals surface area contributed by atoms with Gasteiger partial charge in [0.2, 0.25) is 0 Å². The summed E-state index contributed by atoms with van der Waals surface area (Å²) in [6.07, 6.45) is 6.10. The molecule has 1 heteroatoms. The maximum absolute atomic E-state index is 3.61. The first kappa shape index (κ1) is 10.4. The Labute approximate surface area is 92.2 Å². The smallest absolute Gasteiger partial charge is 0.0208 e. The summed E-state index contributed by atoms with van der Waals surface area (Å²) in [5.74, 6) is 0. The van der Waals surface area contributed by atoms with Crippen LogP contribution in [0.1, 0.15) is 31.7 Å². The summed E-state index contributed by atoms with van der Waals surface area (Å²) >= 11 is 0. The van der Waals surface area contributed by atoms with E-state index in [9.17, 15) is 0 Å². The second-order valence-electron chi connectivity index (χ2n) is 4.39. The molecule has 2 rings (SSSR count). The molecule has 0 amide bonds. The predicted molar refractivity (Wildman–Crippen MR) is 64.7 cm³/mol. The van der Waals surface area contributed by atoms with E-state index in [0.29, 0.717) is 6.04 Å². The summed E-state index contributed by atoms with van der Waals surface area (Å²) in [7, 11) is 0. The van der Waals surface area contributed by atoms with Crippen molar-refractivity contribution < 1.29 is 0 Å². The number of nitrogens with one attached hydrogen (secondary N) is 1. The average molecular weight is 201 g/mol. The Morgan fingerprint density at radius 1 is 1.27 bits per heavy atom. The van der Waals surface area contributed by atoms with E-state index in [0.717, 1.165) is 6.54 Å². The molecular weight excluding hydrogens is 182 g/mol. The summed E-state index contributed by atoms with van der Waals surface area (Å²) in [6.45, 7) is 3.23. The molecule has 1 atom stereocenters. The van der Waals surface area contributed by atoms with Crippen LogP contribution >= 0.6 is 0 Å². The van der Waals surface area contributed by atoms with Crippen LogP contribution in [0.4, 0.5) is 0 Å². The maximum Gasteiger partial charge on any atom is 0.0208 e. The van der Waals surface area contributed by atoms with Crippen LogP contribution in [0.2, 0.25) is 0 Å². The molecule has 1 nitrogen and oxygen atoms in total. The largest absolute Gasteiger partial charge is 0.310 e. The van der Waals surface area contributed by atoms with Gasteiger partial charge in [-0.15, -0.1) is 0 Å². The lowest BCUT2D eigenvalue weighted by Crippen LogP contribution is -2.29. The van der Waals surface area contributed by atoms with Crippen LogP contribution in [-0.4, -0.2) is 6.04 Å². The minimum Gasteiger partial charge on any atom is -0.310 e. The van der Waals surface area contributed by atoms with Gasteiger partial charge in [0.15, 0.2) is 0 Å². The molecule has 0 bridgehead atoms. The van der Waals surface area contributed by atoms with Crippen LogP contribution in [0.3, 0.4) is 0 Å². The molecule has 0 saturated heterocycles. The van der Waals surface area contributed by atoms with Crippen LogP contribution in [0, 0.1) is 0 Å². The summed E-state index contributed by atoms with van der Waals surface area (Å²) in [6, 6.07) is 11.3. The third-order valence-corrected chi connectivity index (χ3v) is 3.08. The van der Waals surface area contributed by atoms with Crippen LogP contribution in [-0.2, 0) is 6.54 Å². The highest BCUT2D eigenvalue weighted by Gasteiger charge is 2.11. The molecule has 1 aromatic carbocycles. The second kappa shape index (κ2) is 5.13. The number of rotatable bonds is 3. The van der Waals surface area contributed by atoms with Gasteiger partial charge in [-0.25, -0.2) is 0 Å². The van der Waals surface area contributed by atoms with E-state index < -0.39 is 0 Å². The monoisotopic (exact) mass is 201 g/mol. The van der Waals surface area contributed by atoms with Gasteiger partial charge in [-0.1, -0.05) is 42.0 Å². The maximum atomic E-state index is 3.61. The lowest BCUT2D eigenvalue weighted by molar-refractivity contribution is 0.466. The zero-order chi connectivity index (χ0) is 10.5. The first-order valence-electron chi connectivity index (χ1n) is 5.77. The first-order valence-corrected chi connectivity index (χ1v) is 5.77. The molecule has 0 fully saturated rings. The Kier molecular flexibility index (Phi) is 3.57. The normalized spacial score (nSPS) is 21.1. The quantitative estimate of drug-likeness (QED) is 0.740. The van der Waals surface area contributed by atoms with Crippen molar-refractivity contribution in [1.29, 1.82) is 0 Å². The molecule has 0 aromatic heterocycles. The molecule has 1 aromatic rings. The Balaban J connectivity index is 1.80. The topological polar surface area (TPSA) is 12.0 Å². The minimum absolute atomic E-state index is 0.675. The highest BCUT2D eigenvalue weighted by atomic mass is 14.9. The molecule has 1 aliphatic carbocycles. The molecule has 0 aliphatic heterocycles. The standard InChI is InChI=1S/C14H19N/c1-12-7-9-14(10-8-12)15-11-13-5-3-2-4-6-13/h2-7,14-15H,8-11H2,1H3. The van der Waals surface area contributed by atoms with Crippen molar-refractivity contribution in [3.8, 4) is 0 Å². The molecule has 1 N–H and O–H groups in total. The van der Waals surface area contributed by atoms with E-state index >= 15 is 0 Å². The molecular formula is C14H19N. The van der Waals surface area contributed by atoms with Crippen molar-refractivity contribution in [2.24, 2.45) is 0 Å². The highest BCUT2D eigenvalue weighted by Crippen LogP contribution is 2.17. The summed E-state index contributed by atoms with van der Waals surface area (Å²) in [5, 5.41) is 3.61. The third kappa shape index (κ3) is 3.21. The van der Waals surface area contributed by atoms with Crippen molar-refractivity contribution in [1.82, 2.24) is 5.32 Å². The Morgan fingerprint density at radius 3 is 2.73 bits per heavy atom. The van der Waals surface area contributed by atoms with E-state index in [1.165, 1.54) is 24.8 Å². The fourth-order valence-electron chi connectivity index (χ4n) is 2.01. The van der Waals surface area contributed by atoms with Crippen LogP contribution in [0.5, 0.6) is 0 Å². The zero-order valence-electron chi connectivity index (χ0n) is 9.37. The van der Waals surface area contributed by atoms with Gasteiger partial charge in [-0.2, -0.15) is 0 Å². The Hall–Kier alpha value is -1.08. The SMILES string of the molecule is CC1=CCC(NCc2ccccc2)CC1. The highest BCUT2D eigenvalue weighted by molar-refractivity contribution is 5.14. The van der Waals surface area contributed by atoms with Gasteiger partial charge in [0.1, 0.15) is 0 Å². The fourth-order valence-corrected chi connectivity index (χ4v) is 2.01. The molecule has 0 saturated carbocycles. The van der Waals surface area contributed by atoms with Gasteiger partial charge in [-0.3, -0.25) is 0 Å². The molecule has 80 valence electrons. The zero-order valence-corrected chi connectivity index (χ0v) is 9.37. The summed E-state index contributed by atoms with van der Waals surface area (Å²) in [5.41, 5.74) is 2.93. The lowest BCUT2D eigenvalue weighted by Gasteiger charge is -2.21. The van der Waals surface area contributed by atoms with Gasteiger partial charge >= 0.3 is 0 Å². The van der Waals surface area contributed by atoms with Gasteiger partial charge in [0, 0.05) is 12.6 Å². The van der Waals surface area contributed by atoms with Crippen LogP contribution in [0.25, 0.3) is 0 Å². The van der Waals surface area contributed by atoms with Crippen LogP contribution < -0.4 is 5.32 Å². The van der Waals surface area contributed by atoms with Gasteiger partial charge in [0.25, 0.3) is 0 Å². The Bertz CT molecular complexity index is 326. The average Bonchev–Trinajstić information content (AvgIpc) is 2.30. The van der Waals surface area contributed by atoms with Crippen molar-refractivity contribution in [2.45, 2.75) is 38.8 Å². The van der Waals surface area contributed by atoms with Crippen LogP contribution in [0.15, 0.2) is 42.0 Å². The molecule has 1 aliphatic rings. The number of benzene rings is 1. The molecule has 15 heavy (non-hydrogen) atoms. The van der Waals surface area contributed by atoms with Crippen molar-refractivity contribution >= 4 is 0 Å². The van der Waals surface area contributed by atoms with Crippen molar-refractivity contribution in [3.05, 3.63) is 47.5 Å². The summed E-state index contributed by atoms with van der Waals surface area (Å²) < 4.78 is 0. The van der Waals surface area contributed by atoms with Crippen molar-refractivity contribution in [2.75, 3.05) is 0 Å².